The van der Waals surface area contributed by atoms with Gasteiger partial charge in [-0.3, -0.25) is 4.79 Å². The predicted octanol–water partition coefficient (Wildman–Crippen LogP) is 8.60. The highest BCUT2D eigenvalue weighted by atomic mass is 35.5. The second-order valence-corrected chi connectivity index (χ2v) is 14.0. The van der Waals surface area contributed by atoms with Gasteiger partial charge < -0.3 is 20.5 Å². The summed E-state index contributed by atoms with van der Waals surface area (Å²) in [7, 11) is 1.32. The van der Waals surface area contributed by atoms with E-state index in [0.29, 0.717) is 6.42 Å². The van der Waals surface area contributed by atoms with Crippen molar-refractivity contribution in [2.75, 3.05) is 12.4 Å². The number of amides is 1. The second kappa shape index (κ2) is 14.8. The molecule has 3 aromatic carbocycles. The van der Waals surface area contributed by atoms with Gasteiger partial charge in [0.25, 0.3) is 0 Å². The number of methoxy groups -OCH3 is 1. The highest BCUT2D eigenvalue weighted by Crippen LogP contribution is 2.53. The zero-order valence-electron chi connectivity index (χ0n) is 26.8. The molecule has 7 nitrogen and oxygen atoms in total. The Morgan fingerprint density at radius 2 is 1.76 bits per heavy atom. The van der Waals surface area contributed by atoms with Crippen LogP contribution in [0.3, 0.4) is 0 Å². The fourth-order valence-corrected chi connectivity index (χ4v) is 6.04. The number of hydrogen-bond acceptors (Lipinski definition) is 5. The SMILES string of the molecule is CC(C)C.COc1cc(C(=O)O)ccc1NC(=O)[C@@H]1N[C@@H](CC(C)(C)C)[C@](C#N)(c2ccc(Cl)cc2F)[C@H]1c1cccc(Cl)c1F. The Hall–Kier alpha value is -3.71. The van der Waals surface area contributed by atoms with Gasteiger partial charge in [-0.05, 0) is 59.7 Å². The van der Waals surface area contributed by atoms with E-state index in [4.69, 9.17) is 27.9 Å². The van der Waals surface area contributed by atoms with Gasteiger partial charge in [0.05, 0.1) is 35.5 Å². The first kappa shape index (κ1) is 36.8. The lowest BCUT2D eigenvalue weighted by atomic mass is 9.62. The number of carbonyl (C=O) groups is 2. The van der Waals surface area contributed by atoms with Crippen molar-refractivity contribution in [1.82, 2.24) is 5.32 Å². The molecule has 0 saturated carbocycles. The van der Waals surface area contributed by atoms with Crippen molar-refractivity contribution in [3.05, 3.63) is 93.0 Å². The maximum Gasteiger partial charge on any atom is 0.335 e. The van der Waals surface area contributed by atoms with Crippen molar-refractivity contribution in [2.45, 2.75) is 71.4 Å². The third-order valence-electron chi connectivity index (χ3n) is 7.44. The molecular weight excluding hydrogens is 635 g/mol. The Labute approximate surface area is 278 Å². The number of rotatable bonds is 7. The minimum absolute atomic E-state index is 0.0424. The molecule has 1 amide bonds. The molecule has 46 heavy (non-hydrogen) atoms. The number of hydrogen-bond donors (Lipinski definition) is 3. The Morgan fingerprint density at radius 1 is 1.11 bits per heavy atom. The molecule has 1 aliphatic heterocycles. The van der Waals surface area contributed by atoms with E-state index < -0.39 is 52.3 Å². The fourth-order valence-electron chi connectivity index (χ4n) is 5.69. The monoisotopic (exact) mass is 673 g/mol. The number of carboxylic acid groups (broad SMARTS) is 1. The fraction of sp³-hybridized carbons (Fsp3) is 0.400. The van der Waals surface area contributed by atoms with E-state index in [1.165, 1.54) is 55.6 Å². The van der Waals surface area contributed by atoms with Crippen LogP contribution in [0.25, 0.3) is 0 Å². The molecule has 3 N–H and O–H groups in total. The number of nitrogens with one attached hydrogen (secondary N) is 2. The first-order valence-electron chi connectivity index (χ1n) is 14.8. The van der Waals surface area contributed by atoms with E-state index in [2.05, 4.69) is 37.5 Å². The van der Waals surface area contributed by atoms with Gasteiger partial charge in [0.15, 0.2) is 0 Å². The Kier molecular flexibility index (Phi) is 11.8. The number of aromatic carboxylic acids is 1. The predicted molar refractivity (Wildman–Crippen MR) is 177 cm³/mol. The molecule has 1 heterocycles. The largest absolute Gasteiger partial charge is 0.495 e. The van der Waals surface area contributed by atoms with E-state index in [-0.39, 0.29) is 38.2 Å². The first-order chi connectivity index (χ1) is 21.5. The molecule has 0 spiro atoms. The lowest BCUT2D eigenvalue weighted by molar-refractivity contribution is -0.118. The molecule has 4 atom stereocenters. The number of benzene rings is 3. The van der Waals surface area contributed by atoms with Gasteiger partial charge >= 0.3 is 5.97 Å². The van der Waals surface area contributed by atoms with E-state index in [1.807, 2.05) is 20.8 Å². The average Bonchev–Trinajstić information content (AvgIpc) is 3.27. The van der Waals surface area contributed by atoms with Crippen molar-refractivity contribution in [3.63, 3.8) is 0 Å². The third kappa shape index (κ3) is 7.98. The zero-order valence-corrected chi connectivity index (χ0v) is 28.4. The van der Waals surface area contributed by atoms with Gasteiger partial charge in [-0.2, -0.15) is 5.26 Å². The molecule has 1 fully saturated rings. The van der Waals surface area contributed by atoms with Crippen LogP contribution >= 0.6 is 23.2 Å². The highest BCUT2D eigenvalue weighted by molar-refractivity contribution is 6.31. The summed E-state index contributed by atoms with van der Waals surface area (Å²) in [5.74, 6) is -3.82. The molecule has 0 aliphatic carbocycles. The van der Waals surface area contributed by atoms with Crippen LogP contribution in [0.5, 0.6) is 5.75 Å². The lowest BCUT2D eigenvalue weighted by Gasteiger charge is -2.37. The van der Waals surface area contributed by atoms with E-state index in [0.717, 1.165) is 12.0 Å². The molecule has 3 aromatic rings. The van der Waals surface area contributed by atoms with E-state index in [9.17, 15) is 20.0 Å². The summed E-state index contributed by atoms with van der Waals surface area (Å²) >= 11 is 12.2. The third-order valence-corrected chi connectivity index (χ3v) is 7.96. The summed E-state index contributed by atoms with van der Waals surface area (Å²) in [5, 5.41) is 26.1. The van der Waals surface area contributed by atoms with E-state index >= 15 is 8.78 Å². The first-order valence-corrected chi connectivity index (χ1v) is 15.5. The van der Waals surface area contributed by atoms with Crippen LogP contribution in [0, 0.1) is 34.3 Å². The molecule has 0 unspecified atom stereocenters. The van der Waals surface area contributed by atoms with Crippen molar-refractivity contribution in [1.29, 1.82) is 5.26 Å². The average molecular weight is 675 g/mol. The van der Waals surface area contributed by atoms with Crippen LogP contribution < -0.4 is 15.4 Å². The number of carboxylic acids is 1. The summed E-state index contributed by atoms with van der Waals surface area (Å²) in [6, 6.07) is 12.3. The summed E-state index contributed by atoms with van der Waals surface area (Å²) < 4.78 is 36.8. The van der Waals surface area contributed by atoms with Gasteiger partial charge in [-0.15, -0.1) is 0 Å². The smallest absolute Gasteiger partial charge is 0.335 e. The Bertz CT molecular complexity index is 1630. The molecule has 0 aromatic heterocycles. The maximum atomic E-state index is 15.8. The molecule has 4 rings (SSSR count). The number of halogens is 4. The summed E-state index contributed by atoms with van der Waals surface area (Å²) in [4.78, 5) is 25.5. The summed E-state index contributed by atoms with van der Waals surface area (Å²) in [6.07, 6.45) is 0.307. The van der Waals surface area contributed by atoms with Gasteiger partial charge in [0.2, 0.25) is 5.91 Å². The number of nitriles is 1. The number of carbonyl (C=O) groups excluding carboxylic acids is 1. The van der Waals surface area contributed by atoms with Crippen LogP contribution in [0.1, 0.15) is 75.4 Å². The summed E-state index contributed by atoms with van der Waals surface area (Å²) in [5.41, 5.74) is -2.18. The highest BCUT2D eigenvalue weighted by Gasteiger charge is 2.61. The number of anilines is 1. The van der Waals surface area contributed by atoms with E-state index in [1.54, 1.807) is 0 Å². The lowest BCUT2D eigenvalue weighted by Crippen LogP contribution is -2.45. The van der Waals surface area contributed by atoms with Crippen LogP contribution in [0.4, 0.5) is 14.5 Å². The normalized spacial score (nSPS) is 20.8. The van der Waals surface area contributed by atoms with Crippen LogP contribution in [-0.2, 0) is 10.2 Å². The number of nitrogens with zero attached hydrogens (tertiary/aromatic N) is 1. The zero-order chi connectivity index (χ0) is 34.6. The van der Waals surface area contributed by atoms with Crippen LogP contribution in [0.2, 0.25) is 10.0 Å². The summed E-state index contributed by atoms with van der Waals surface area (Å²) in [6.45, 7) is 12.3. The van der Waals surface area contributed by atoms with Crippen molar-refractivity contribution in [3.8, 4) is 11.8 Å². The van der Waals surface area contributed by atoms with Crippen molar-refractivity contribution >= 4 is 40.8 Å². The minimum atomic E-state index is -1.78. The second-order valence-electron chi connectivity index (χ2n) is 13.1. The molecule has 0 radical (unpaired) electrons. The van der Waals surface area contributed by atoms with Gasteiger partial charge in [-0.1, -0.05) is 82.9 Å². The standard InChI is InChI=1S/C31H29Cl2F2N3O4.C4H10/c1-30(2,3)14-24-31(15-36,19-10-9-17(32)13-21(19)34)25(18-6-5-7-20(33)26(18)35)27(38-24)28(39)37-22-11-8-16(29(40)41)12-23(22)42-4;1-4(2)3/h5-13,24-25,27,38H,14H2,1-4H3,(H,37,39)(H,40,41);4H,1-3H3/t24-,25-,27+,31-;/m0./s1. The molecule has 1 aliphatic rings. The molecule has 11 heteroatoms. The quantitative estimate of drug-likeness (QED) is 0.232. The number of ether oxygens (including phenoxy) is 1. The maximum absolute atomic E-state index is 15.8. The van der Waals surface area contributed by atoms with Crippen LogP contribution in [0.15, 0.2) is 54.6 Å². The van der Waals surface area contributed by atoms with Crippen LogP contribution in [-0.4, -0.2) is 36.2 Å². The van der Waals surface area contributed by atoms with Gasteiger partial charge in [0, 0.05) is 22.5 Å². The minimum Gasteiger partial charge on any atom is -0.495 e. The van der Waals surface area contributed by atoms with Crippen molar-refractivity contribution in [2.24, 2.45) is 11.3 Å². The molecule has 1 saturated heterocycles. The molecule has 246 valence electrons. The molecular formula is C35H39Cl2F2N3O4. The van der Waals surface area contributed by atoms with Gasteiger partial charge in [0.1, 0.15) is 22.8 Å². The Balaban J connectivity index is 0.00000136. The molecule has 0 bridgehead atoms. The van der Waals surface area contributed by atoms with Gasteiger partial charge in [-0.25, -0.2) is 13.6 Å². The van der Waals surface area contributed by atoms with Crippen molar-refractivity contribution < 1.29 is 28.2 Å². The Morgan fingerprint density at radius 3 is 2.30 bits per heavy atom. The topological polar surface area (TPSA) is 111 Å².